The maximum atomic E-state index is 11.2. The number of halogens is 1. The van der Waals surface area contributed by atoms with Crippen molar-refractivity contribution in [3.8, 4) is 5.88 Å². The fourth-order valence-corrected chi connectivity index (χ4v) is 4.21. The van der Waals surface area contributed by atoms with Gasteiger partial charge in [-0.05, 0) is 48.0 Å². The number of hydrogen-bond donors (Lipinski definition) is 2. The molecule has 6 nitrogen and oxygen atoms in total. The predicted octanol–water partition coefficient (Wildman–Crippen LogP) is 6.41. The quantitative estimate of drug-likeness (QED) is 0.217. The Balaban J connectivity index is 1.78. The van der Waals surface area contributed by atoms with Crippen LogP contribution in [0.5, 0.6) is 5.88 Å². The summed E-state index contributed by atoms with van der Waals surface area (Å²) in [7, 11) is 0. The van der Waals surface area contributed by atoms with E-state index in [0.717, 1.165) is 20.9 Å². The van der Waals surface area contributed by atoms with Gasteiger partial charge in [-0.15, -0.1) is 10.2 Å². The molecule has 0 amide bonds. The number of azo groups is 1. The Morgan fingerprint density at radius 1 is 1.03 bits per heavy atom. The van der Waals surface area contributed by atoms with Crippen LogP contribution >= 0.6 is 28.1 Å². The van der Waals surface area contributed by atoms with Crippen LogP contribution in [-0.4, -0.2) is 19.7 Å². The molecule has 3 N–H and O–H groups in total. The van der Waals surface area contributed by atoms with E-state index < -0.39 is 0 Å². The first-order valence-electron chi connectivity index (χ1n) is 10.4. The van der Waals surface area contributed by atoms with E-state index in [-0.39, 0.29) is 11.0 Å². The molecular weight excluding hydrogens is 498 g/mol. The third-order valence-corrected chi connectivity index (χ3v) is 6.31. The topological polar surface area (TPSA) is 79.1 Å². The highest BCUT2D eigenvalue weighted by Gasteiger charge is 2.20. The maximum Gasteiger partial charge on any atom is 0.221 e. The molecule has 1 aromatic heterocycles. The molecule has 3 aromatic carbocycles. The molecule has 0 unspecified atom stereocenters. The summed E-state index contributed by atoms with van der Waals surface area (Å²) in [4.78, 5) is 2.27. The number of aryl methyl sites for hydroxylation is 1. The molecule has 0 aliphatic carbocycles. The summed E-state index contributed by atoms with van der Waals surface area (Å²) in [5.41, 5.74) is 10.2. The van der Waals surface area contributed by atoms with Crippen molar-refractivity contribution in [1.82, 2.24) is 9.47 Å². The van der Waals surface area contributed by atoms with Crippen molar-refractivity contribution >= 4 is 49.9 Å². The van der Waals surface area contributed by atoms with Gasteiger partial charge in [0.1, 0.15) is 0 Å². The molecule has 0 aliphatic heterocycles. The fourth-order valence-electron chi connectivity index (χ4n) is 3.82. The lowest BCUT2D eigenvalue weighted by atomic mass is 10.1. The molecule has 0 fully saturated rings. The van der Waals surface area contributed by atoms with Crippen LogP contribution < -0.4 is 5.73 Å². The lowest BCUT2D eigenvalue weighted by Crippen LogP contribution is -2.25. The van der Waals surface area contributed by atoms with Gasteiger partial charge in [-0.1, -0.05) is 76.6 Å². The van der Waals surface area contributed by atoms with Crippen molar-refractivity contribution in [1.29, 1.82) is 0 Å². The Hall–Kier alpha value is -3.07. The van der Waals surface area contributed by atoms with E-state index >= 15 is 0 Å². The van der Waals surface area contributed by atoms with Gasteiger partial charge in [-0.3, -0.25) is 9.47 Å². The van der Waals surface area contributed by atoms with Crippen LogP contribution in [0.2, 0.25) is 0 Å². The van der Waals surface area contributed by atoms with Crippen LogP contribution in [0.4, 0.5) is 5.69 Å². The smallest absolute Gasteiger partial charge is 0.221 e. The molecule has 33 heavy (non-hydrogen) atoms. The summed E-state index contributed by atoms with van der Waals surface area (Å²) < 4.78 is 2.78. The Kier molecular flexibility index (Phi) is 7.17. The summed E-state index contributed by atoms with van der Waals surface area (Å²) >= 11 is 8.42. The predicted molar refractivity (Wildman–Crippen MR) is 139 cm³/mol. The minimum absolute atomic E-state index is 0.0219. The van der Waals surface area contributed by atoms with Gasteiger partial charge in [0, 0.05) is 22.9 Å². The van der Waals surface area contributed by atoms with Gasteiger partial charge >= 0.3 is 0 Å². The second-order valence-electron chi connectivity index (χ2n) is 7.86. The molecule has 168 valence electrons. The van der Waals surface area contributed by atoms with Crippen LogP contribution in [0, 0.1) is 6.92 Å². The third-order valence-electron chi connectivity index (χ3n) is 5.38. The highest BCUT2D eigenvalue weighted by Crippen LogP contribution is 2.41. The SMILES string of the molecule is Cc1cc2c(cc1Br)c(N=NC(N)=S)c(O)n2CN(Cc1ccccc1)Cc1ccccc1. The van der Waals surface area contributed by atoms with Crippen LogP contribution in [0.15, 0.2) is 87.5 Å². The molecule has 0 bridgehead atoms. The van der Waals surface area contributed by atoms with Gasteiger partial charge in [-0.2, -0.15) is 0 Å². The van der Waals surface area contributed by atoms with Gasteiger partial charge < -0.3 is 10.8 Å². The van der Waals surface area contributed by atoms with Gasteiger partial charge in [0.05, 0.1) is 12.2 Å². The average Bonchev–Trinajstić information content (AvgIpc) is 3.04. The number of hydrogen-bond acceptors (Lipinski definition) is 4. The molecule has 4 rings (SSSR count). The van der Waals surface area contributed by atoms with Crippen molar-refractivity contribution in [3.05, 3.63) is 94.0 Å². The van der Waals surface area contributed by atoms with E-state index in [1.54, 1.807) is 0 Å². The molecular formula is C25H24BrN5OS. The zero-order valence-electron chi connectivity index (χ0n) is 18.1. The van der Waals surface area contributed by atoms with E-state index in [1.807, 2.05) is 60.0 Å². The van der Waals surface area contributed by atoms with E-state index in [4.69, 9.17) is 18.0 Å². The van der Waals surface area contributed by atoms with Crippen molar-refractivity contribution in [2.45, 2.75) is 26.7 Å². The molecule has 0 radical (unpaired) electrons. The number of nitrogens with two attached hydrogens (primary N) is 1. The number of aromatic nitrogens is 1. The van der Waals surface area contributed by atoms with Crippen LogP contribution in [0.1, 0.15) is 16.7 Å². The minimum Gasteiger partial charge on any atom is -0.493 e. The Morgan fingerprint density at radius 2 is 1.61 bits per heavy atom. The number of aromatic hydroxyl groups is 1. The van der Waals surface area contributed by atoms with E-state index in [1.165, 1.54) is 11.1 Å². The van der Waals surface area contributed by atoms with Gasteiger partial charge in [0.15, 0.2) is 5.69 Å². The van der Waals surface area contributed by atoms with Gasteiger partial charge in [0.25, 0.3) is 0 Å². The molecule has 0 aliphatic rings. The third kappa shape index (κ3) is 5.47. The van der Waals surface area contributed by atoms with Gasteiger partial charge in [0.2, 0.25) is 11.0 Å². The average molecular weight is 522 g/mol. The summed E-state index contributed by atoms with van der Waals surface area (Å²) in [5, 5.41) is 19.8. The molecule has 1 heterocycles. The zero-order valence-corrected chi connectivity index (χ0v) is 20.6. The standard InChI is InChI=1S/C25H24BrN5OS/c1-17-12-22-20(13-21(17)26)23(28-29-25(27)33)24(32)31(22)16-30(14-18-8-4-2-5-9-18)15-19-10-6-3-7-11-19/h2-13,32H,14-16H2,1H3,(H2,27,33). The molecule has 0 spiro atoms. The van der Waals surface area contributed by atoms with Crippen LogP contribution in [-0.2, 0) is 19.8 Å². The second kappa shape index (κ2) is 10.2. The number of fused-ring (bicyclic) bond motifs is 1. The Labute approximate surface area is 206 Å². The van der Waals surface area contributed by atoms with E-state index in [9.17, 15) is 5.11 Å². The molecule has 0 atom stereocenters. The molecule has 4 aromatic rings. The number of benzene rings is 3. The highest BCUT2D eigenvalue weighted by molar-refractivity contribution is 9.10. The monoisotopic (exact) mass is 521 g/mol. The lowest BCUT2D eigenvalue weighted by molar-refractivity contribution is 0.194. The number of nitrogens with zero attached hydrogens (tertiary/aromatic N) is 4. The first-order chi connectivity index (χ1) is 15.9. The molecule has 8 heteroatoms. The van der Waals surface area contributed by atoms with Crippen molar-refractivity contribution in [2.24, 2.45) is 16.0 Å². The summed E-state index contributed by atoms with van der Waals surface area (Å²) in [6.07, 6.45) is 0. The summed E-state index contributed by atoms with van der Waals surface area (Å²) in [6.45, 7) is 3.90. The van der Waals surface area contributed by atoms with Crippen molar-refractivity contribution in [2.75, 3.05) is 0 Å². The normalized spacial score (nSPS) is 11.6. The zero-order chi connectivity index (χ0) is 23.4. The van der Waals surface area contributed by atoms with E-state index in [0.29, 0.717) is 25.4 Å². The minimum atomic E-state index is -0.0868. The van der Waals surface area contributed by atoms with Gasteiger partial charge in [-0.25, -0.2) is 0 Å². The number of rotatable bonds is 7. The molecule has 0 saturated carbocycles. The Morgan fingerprint density at radius 3 is 2.15 bits per heavy atom. The Bertz CT molecular complexity index is 1260. The first-order valence-corrected chi connectivity index (χ1v) is 11.6. The van der Waals surface area contributed by atoms with Crippen molar-refractivity contribution in [3.63, 3.8) is 0 Å². The van der Waals surface area contributed by atoms with E-state index in [2.05, 4.69) is 55.3 Å². The maximum absolute atomic E-state index is 11.2. The lowest BCUT2D eigenvalue weighted by Gasteiger charge is -2.24. The first kappa shape index (κ1) is 23.1. The van der Waals surface area contributed by atoms with Crippen molar-refractivity contribution < 1.29 is 5.11 Å². The summed E-state index contributed by atoms with van der Waals surface area (Å²) in [6, 6.07) is 24.6. The van der Waals surface area contributed by atoms with Crippen LogP contribution in [0.25, 0.3) is 10.9 Å². The highest BCUT2D eigenvalue weighted by atomic mass is 79.9. The van der Waals surface area contributed by atoms with Crippen LogP contribution in [0.3, 0.4) is 0 Å². The largest absolute Gasteiger partial charge is 0.493 e. The fraction of sp³-hybridized carbons (Fsp3) is 0.160. The number of thiocarbonyl (C=S) groups is 1. The second-order valence-corrected chi connectivity index (χ2v) is 9.13. The molecule has 0 saturated heterocycles. The summed E-state index contributed by atoms with van der Waals surface area (Å²) in [5.74, 6) is 0.0219.